The summed E-state index contributed by atoms with van der Waals surface area (Å²) in [4.78, 5) is 0. The molecule has 0 fully saturated rings. The van der Waals surface area contributed by atoms with Crippen molar-refractivity contribution in [2.24, 2.45) is 0 Å². The molecule has 1 aromatic rings. The molecule has 0 radical (unpaired) electrons. The zero-order valence-electron chi connectivity index (χ0n) is 8.59. The second-order valence-corrected chi connectivity index (χ2v) is 4.02. The van der Waals surface area contributed by atoms with Crippen molar-refractivity contribution in [2.75, 3.05) is 18.5 Å². The first-order chi connectivity index (χ1) is 6.81. The van der Waals surface area contributed by atoms with Crippen LogP contribution in [0.25, 0.3) is 0 Å². The number of rotatable bonds is 2. The molecule has 0 saturated heterocycles. The summed E-state index contributed by atoms with van der Waals surface area (Å²) in [6.07, 6.45) is 2.02. The minimum absolute atomic E-state index is 0.290. The molecule has 1 heterocycles. The molecule has 0 spiro atoms. The lowest BCUT2D eigenvalue weighted by Gasteiger charge is -2.26. The number of hydrogen-bond acceptors (Lipinski definition) is 2. The molecule has 2 heteroatoms. The SMILES string of the molecule is Cc1ccc2c(c1)C(CCO)CCN2. The Kier molecular flexibility index (Phi) is 2.73. The number of aliphatic hydroxyl groups excluding tert-OH is 1. The highest BCUT2D eigenvalue weighted by atomic mass is 16.3. The maximum absolute atomic E-state index is 8.99. The van der Waals surface area contributed by atoms with Crippen LogP contribution in [0.1, 0.15) is 29.9 Å². The molecule has 2 nitrogen and oxygen atoms in total. The van der Waals surface area contributed by atoms with Crippen LogP contribution in [0.2, 0.25) is 0 Å². The molecule has 0 aliphatic carbocycles. The Hall–Kier alpha value is -1.02. The van der Waals surface area contributed by atoms with Crippen molar-refractivity contribution in [1.29, 1.82) is 0 Å². The van der Waals surface area contributed by atoms with Crippen LogP contribution in [-0.4, -0.2) is 18.3 Å². The fourth-order valence-corrected chi connectivity index (χ4v) is 2.17. The Morgan fingerprint density at radius 1 is 1.50 bits per heavy atom. The summed E-state index contributed by atoms with van der Waals surface area (Å²) in [5.41, 5.74) is 3.93. The normalized spacial score (nSPS) is 20.0. The van der Waals surface area contributed by atoms with Crippen LogP contribution >= 0.6 is 0 Å². The maximum atomic E-state index is 8.99. The smallest absolute Gasteiger partial charge is 0.0436 e. The van der Waals surface area contributed by atoms with Gasteiger partial charge in [0.05, 0.1) is 0 Å². The summed E-state index contributed by atoms with van der Waals surface area (Å²) in [6.45, 7) is 3.43. The number of benzene rings is 1. The molecule has 1 aliphatic rings. The minimum atomic E-state index is 0.290. The highest BCUT2D eigenvalue weighted by Crippen LogP contribution is 2.34. The summed E-state index contributed by atoms with van der Waals surface area (Å²) in [5.74, 6) is 0.538. The van der Waals surface area contributed by atoms with E-state index in [2.05, 4.69) is 30.4 Å². The van der Waals surface area contributed by atoms with Gasteiger partial charge in [-0.25, -0.2) is 0 Å². The Morgan fingerprint density at radius 3 is 3.14 bits per heavy atom. The van der Waals surface area contributed by atoms with Crippen LogP contribution in [0, 0.1) is 6.92 Å². The molecule has 2 N–H and O–H groups in total. The molecule has 14 heavy (non-hydrogen) atoms. The predicted octanol–water partition coefficient (Wildman–Crippen LogP) is 2.28. The minimum Gasteiger partial charge on any atom is -0.396 e. The van der Waals surface area contributed by atoms with Gasteiger partial charge in [0.1, 0.15) is 0 Å². The van der Waals surface area contributed by atoms with E-state index in [1.165, 1.54) is 16.8 Å². The third kappa shape index (κ3) is 1.75. The average molecular weight is 191 g/mol. The van der Waals surface area contributed by atoms with Crippen molar-refractivity contribution in [2.45, 2.75) is 25.7 Å². The topological polar surface area (TPSA) is 32.3 Å². The van der Waals surface area contributed by atoms with Crippen molar-refractivity contribution in [1.82, 2.24) is 0 Å². The lowest BCUT2D eigenvalue weighted by molar-refractivity contribution is 0.273. The van der Waals surface area contributed by atoms with Gasteiger partial charge in [0, 0.05) is 18.8 Å². The van der Waals surface area contributed by atoms with Gasteiger partial charge in [0.2, 0.25) is 0 Å². The molecule has 0 saturated carbocycles. The van der Waals surface area contributed by atoms with E-state index in [4.69, 9.17) is 5.11 Å². The van der Waals surface area contributed by atoms with Crippen molar-refractivity contribution in [3.05, 3.63) is 29.3 Å². The highest BCUT2D eigenvalue weighted by Gasteiger charge is 2.18. The van der Waals surface area contributed by atoms with E-state index in [1.807, 2.05) is 0 Å². The quantitative estimate of drug-likeness (QED) is 0.751. The second kappa shape index (κ2) is 4.01. The van der Waals surface area contributed by atoms with Crippen LogP contribution < -0.4 is 5.32 Å². The van der Waals surface area contributed by atoms with Gasteiger partial charge in [-0.15, -0.1) is 0 Å². The van der Waals surface area contributed by atoms with Crippen molar-refractivity contribution in [3.63, 3.8) is 0 Å². The van der Waals surface area contributed by atoms with E-state index >= 15 is 0 Å². The standard InChI is InChI=1S/C12H17NO/c1-9-2-3-12-11(8-9)10(5-7-14)4-6-13-12/h2-3,8,10,13-14H,4-7H2,1H3. The summed E-state index contributed by atoms with van der Waals surface area (Å²) in [5, 5.41) is 12.4. The van der Waals surface area contributed by atoms with Crippen LogP contribution in [0.4, 0.5) is 5.69 Å². The summed E-state index contributed by atoms with van der Waals surface area (Å²) in [6, 6.07) is 6.52. The molecule has 1 aromatic carbocycles. The maximum Gasteiger partial charge on any atom is 0.0436 e. The van der Waals surface area contributed by atoms with Crippen molar-refractivity contribution >= 4 is 5.69 Å². The van der Waals surface area contributed by atoms with Crippen molar-refractivity contribution < 1.29 is 5.11 Å². The molecule has 1 unspecified atom stereocenters. The molecule has 0 bridgehead atoms. The van der Waals surface area contributed by atoms with Gasteiger partial charge < -0.3 is 10.4 Å². The van der Waals surface area contributed by atoms with Gasteiger partial charge in [0.25, 0.3) is 0 Å². The Bertz CT molecular complexity index is 322. The first kappa shape index (κ1) is 9.53. The number of hydrogen-bond donors (Lipinski definition) is 2. The number of aliphatic hydroxyl groups is 1. The number of aryl methyl sites for hydroxylation is 1. The lowest BCUT2D eigenvalue weighted by atomic mass is 9.88. The Morgan fingerprint density at radius 2 is 2.36 bits per heavy atom. The lowest BCUT2D eigenvalue weighted by Crippen LogP contribution is -2.17. The molecular weight excluding hydrogens is 174 g/mol. The third-order valence-corrected chi connectivity index (χ3v) is 2.93. The van der Waals surface area contributed by atoms with E-state index in [-0.39, 0.29) is 6.61 Å². The molecule has 1 atom stereocenters. The van der Waals surface area contributed by atoms with E-state index in [0.29, 0.717) is 5.92 Å². The third-order valence-electron chi connectivity index (χ3n) is 2.93. The first-order valence-corrected chi connectivity index (χ1v) is 5.26. The predicted molar refractivity (Wildman–Crippen MR) is 58.7 cm³/mol. The van der Waals surface area contributed by atoms with Crippen LogP contribution in [0.15, 0.2) is 18.2 Å². The van der Waals surface area contributed by atoms with E-state index < -0.39 is 0 Å². The summed E-state index contributed by atoms with van der Waals surface area (Å²) in [7, 11) is 0. The molecule has 1 aliphatic heterocycles. The second-order valence-electron chi connectivity index (χ2n) is 4.02. The van der Waals surface area contributed by atoms with Gasteiger partial charge in [-0.3, -0.25) is 0 Å². The van der Waals surface area contributed by atoms with Gasteiger partial charge in [-0.05, 0) is 37.3 Å². The average Bonchev–Trinajstić information content (AvgIpc) is 2.19. The molecule has 0 amide bonds. The zero-order chi connectivity index (χ0) is 9.97. The van der Waals surface area contributed by atoms with Crippen LogP contribution in [0.3, 0.4) is 0 Å². The highest BCUT2D eigenvalue weighted by molar-refractivity contribution is 5.56. The largest absolute Gasteiger partial charge is 0.396 e. The fourth-order valence-electron chi connectivity index (χ4n) is 2.17. The number of fused-ring (bicyclic) bond motifs is 1. The van der Waals surface area contributed by atoms with Gasteiger partial charge in [0.15, 0.2) is 0 Å². The first-order valence-electron chi connectivity index (χ1n) is 5.26. The van der Waals surface area contributed by atoms with E-state index in [1.54, 1.807) is 0 Å². The van der Waals surface area contributed by atoms with Gasteiger partial charge in [-0.1, -0.05) is 17.7 Å². The molecular formula is C12H17NO. The van der Waals surface area contributed by atoms with E-state index in [0.717, 1.165) is 19.4 Å². The molecule has 76 valence electrons. The Balaban J connectivity index is 2.32. The molecule has 2 rings (SSSR count). The zero-order valence-corrected chi connectivity index (χ0v) is 8.59. The van der Waals surface area contributed by atoms with E-state index in [9.17, 15) is 0 Å². The van der Waals surface area contributed by atoms with Crippen molar-refractivity contribution in [3.8, 4) is 0 Å². The Labute approximate surface area is 85.0 Å². The fraction of sp³-hybridized carbons (Fsp3) is 0.500. The summed E-state index contributed by atoms with van der Waals surface area (Å²) >= 11 is 0. The van der Waals surface area contributed by atoms with Gasteiger partial charge in [-0.2, -0.15) is 0 Å². The summed E-state index contributed by atoms with van der Waals surface area (Å²) < 4.78 is 0. The van der Waals surface area contributed by atoms with Crippen LogP contribution in [0.5, 0.6) is 0 Å². The van der Waals surface area contributed by atoms with Gasteiger partial charge >= 0.3 is 0 Å². The molecule has 0 aromatic heterocycles. The van der Waals surface area contributed by atoms with Crippen LogP contribution in [-0.2, 0) is 0 Å². The number of anilines is 1. The monoisotopic (exact) mass is 191 g/mol. The number of nitrogens with one attached hydrogen (secondary N) is 1.